The Kier molecular flexibility index (Phi) is 4.26. The van der Waals surface area contributed by atoms with Gasteiger partial charge in [-0.1, -0.05) is 20.3 Å². The number of hydrogen-bond donors (Lipinski definition) is 2. The Labute approximate surface area is 101 Å². The molecule has 0 aromatic rings. The lowest BCUT2D eigenvalue weighted by Crippen LogP contribution is -2.42. The van der Waals surface area contributed by atoms with Crippen LogP contribution < -0.4 is 10.6 Å². The summed E-state index contributed by atoms with van der Waals surface area (Å²) in [5, 5.41) is 7.19. The van der Waals surface area contributed by atoms with Crippen LogP contribution in [-0.4, -0.2) is 26.2 Å². The zero-order valence-electron chi connectivity index (χ0n) is 11.0. The highest BCUT2D eigenvalue weighted by atomic mass is 14.9. The largest absolute Gasteiger partial charge is 0.316 e. The van der Waals surface area contributed by atoms with Crippen molar-refractivity contribution in [2.24, 2.45) is 17.3 Å². The van der Waals surface area contributed by atoms with Crippen molar-refractivity contribution in [1.82, 2.24) is 10.6 Å². The smallest absolute Gasteiger partial charge is 0.000529 e. The molecule has 0 amide bonds. The lowest BCUT2D eigenvalue weighted by molar-refractivity contribution is 0.117. The van der Waals surface area contributed by atoms with Crippen LogP contribution in [0.1, 0.15) is 46.0 Å². The second-order valence-corrected chi connectivity index (χ2v) is 6.46. The van der Waals surface area contributed by atoms with Crippen molar-refractivity contribution in [3.63, 3.8) is 0 Å². The van der Waals surface area contributed by atoms with Crippen molar-refractivity contribution in [3.8, 4) is 0 Å². The molecule has 94 valence electrons. The predicted octanol–water partition coefficient (Wildman–Crippen LogP) is 2.40. The molecule has 0 radical (unpaired) electrons. The molecule has 2 N–H and O–H groups in total. The van der Waals surface area contributed by atoms with Crippen molar-refractivity contribution < 1.29 is 0 Å². The van der Waals surface area contributed by atoms with E-state index in [1.807, 2.05) is 0 Å². The monoisotopic (exact) mass is 224 g/mol. The maximum Gasteiger partial charge on any atom is 0.000529 e. The van der Waals surface area contributed by atoms with E-state index >= 15 is 0 Å². The Hall–Kier alpha value is -0.0800. The normalized spacial score (nSPS) is 27.8. The Morgan fingerprint density at radius 3 is 2.56 bits per heavy atom. The van der Waals surface area contributed by atoms with Gasteiger partial charge in [0.1, 0.15) is 0 Å². The van der Waals surface area contributed by atoms with Crippen LogP contribution in [0.15, 0.2) is 0 Å². The van der Waals surface area contributed by atoms with Gasteiger partial charge in [-0.05, 0) is 62.6 Å². The van der Waals surface area contributed by atoms with Crippen LogP contribution in [0.3, 0.4) is 0 Å². The van der Waals surface area contributed by atoms with Crippen LogP contribution in [0.2, 0.25) is 0 Å². The molecule has 2 heteroatoms. The highest BCUT2D eigenvalue weighted by molar-refractivity contribution is 4.86. The van der Waals surface area contributed by atoms with Gasteiger partial charge in [0, 0.05) is 6.54 Å². The highest BCUT2D eigenvalue weighted by Crippen LogP contribution is 2.41. The quantitative estimate of drug-likeness (QED) is 0.749. The van der Waals surface area contributed by atoms with E-state index in [1.165, 1.54) is 58.3 Å². The van der Waals surface area contributed by atoms with E-state index in [-0.39, 0.29) is 0 Å². The average molecular weight is 224 g/mol. The van der Waals surface area contributed by atoms with Gasteiger partial charge in [-0.3, -0.25) is 0 Å². The minimum absolute atomic E-state index is 0.514. The predicted molar refractivity (Wildman–Crippen MR) is 69.6 cm³/mol. The van der Waals surface area contributed by atoms with Crippen LogP contribution >= 0.6 is 0 Å². The third-order valence-electron chi connectivity index (χ3n) is 4.62. The van der Waals surface area contributed by atoms with E-state index in [0.717, 1.165) is 11.8 Å². The molecule has 1 saturated carbocycles. The molecular formula is C14H28N2. The van der Waals surface area contributed by atoms with Gasteiger partial charge in [-0.25, -0.2) is 0 Å². The third-order valence-corrected chi connectivity index (χ3v) is 4.62. The summed E-state index contributed by atoms with van der Waals surface area (Å²) in [7, 11) is 0. The Bertz CT molecular complexity index is 203. The highest BCUT2D eigenvalue weighted by Gasteiger charge is 2.33. The molecule has 0 spiro atoms. The second-order valence-electron chi connectivity index (χ2n) is 6.46. The Morgan fingerprint density at radius 1 is 1.19 bits per heavy atom. The summed E-state index contributed by atoms with van der Waals surface area (Å²) in [6, 6.07) is 0. The second kappa shape index (κ2) is 5.50. The summed E-state index contributed by atoms with van der Waals surface area (Å²) >= 11 is 0. The molecule has 0 aromatic carbocycles. The first-order chi connectivity index (χ1) is 7.68. The van der Waals surface area contributed by atoms with E-state index in [1.54, 1.807) is 0 Å². The number of rotatable bonds is 5. The fourth-order valence-corrected chi connectivity index (χ4v) is 3.03. The lowest BCUT2D eigenvalue weighted by Gasteiger charge is -2.41. The zero-order valence-corrected chi connectivity index (χ0v) is 11.0. The molecule has 1 aliphatic heterocycles. The Morgan fingerprint density at radius 2 is 2.00 bits per heavy atom. The van der Waals surface area contributed by atoms with Gasteiger partial charge in [0.2, 0.25) is 0 Å². The van der Waals surface area contributed by atoms with Crippen molar-refractivity contribution in [3.05, 3.63) is 0 Å². The topological polar surface area (TPSA) is 24.1 Å². The van der Waals surface area contributed by atoms with Crippen LogP contribution in [-0.2, 0) is 0 Å². The van der Waals surface area contributed by atoms with Gasteiger partial charge >= 0.3 is 0 Å². The maximum absolute atomic E-state index is 3.70. The molecule has 2 rings (SSSR count). The fourth-order valence-electron chi connectivity index (χ4n) is 3.03. The summed E-state index contributed by atoms with van der Waals surface area (Å²) in [6.45, 7) is 9.73. The summed E-state index contributed by atoms with van der Waals surface area (Å²) in [5.41, 5.74) is 0.514. The van der Waals surface area contributed by atoms with Crippen molar-refractivity contribution in [2.75, 3.05) is 26.2 Å². The molecule has 2 fully saturated rings. The maximum atomic E-state index is 3.70. The number of hydrogen-bond acceptors (Lipinski definition) is 2. The van der Waals surface area contributed by atoms with Gasteiger partial charge < -0.3 is 10.6 Å². The minimum Gasteiger partial charge on any atom is -0.316 e. The molecule has 1 atom stereocenters. The average Bonchev–Trinajstić information content (AvgIpc) is 2.15. The third kappa shape index (κ3) is 3.21. The van der Waals surface area contributed by atoms with E-state index in [2.05, 4.69) is 24.5 Å². The van der Waals surface area contributed by atoms with E-state index < -0.39 is 0 Å². The lowest BCUT2D eigenvalue weighted by atomic mass is 9.67. The minimum atomic E-state index is 0.514. The molecule has 16 heavy (non-hydrogen) atoms. The summed E-state index contributed by atoms with van der Waals surface area (Å²) in [5.74, 6) is 1.84. The molecule has 1 heterocycles. The summed E-state index contributed by atoms with van der Waals surface area (Å²) in [4.78, 5) is 0. The van der Waals surface area contributed by atoms with Gasteiger partial charge in [0.25, 0.3) is 0 Å². The standard InChI is InChI=1S/C14H28N2/c1-14(2,13-6-3-7-13)11-16-10-12-5-4-8-15-9-12/h12-13,15-16H,3-11H2,1-2H3. The first-order valence-electron chi connectivity index (χ1n) is 7.10. The van der Waals surface area contributed by atoms with E-state index in [0.29, 0.717) is 5.41 Å². The number of piperidine rings is 1. The first kappa shape index (κ1) is 12.4. The van der Waals surface area contributed by atoms with Gasteiger partial charge in [0.15, 0.2) is 0 Å². The molecule has 1 aliphatic carbocycles. The Balaban J connectivity index is 1.62. The molecule has 2 nitrogen and oxygen atoms in total. The summed E-state index contributed by atoms with van der Waals surface area (Å²) in [6.07, 6.45) is 7.14. The molecule has 1 saturated heterocycles. The van der Waals surface area contributed by atoms with Gasteiger partial charge in [-0.15, -0.1) is 0 Å². The van der Waals surface area contributed by atoms with Crippen LogP contribution in [0, 0.1) is 17.3 Å². The number of nitrogens with one attached hydrogen (secondary N) is 2. The molecule has 0 bridgehead atoms. The van der Waals surface area contributed by atoms with Gasteiger partial charge in [-0.2, -0.15) is 0 Å². The molecular weight excluding hydrogens is 196 g/mol. The SMILES string of the molecule is CC(C)(CNCC1CCCNC1)C1CCC1. The van der Waals surface area contributed by atoms with Crippen molar-refractivity contribution in [2.45, 2.75) is 46.0 Å². The van der Waals surface area contributed by atoms with Crippen LogP contribution in [0.4, 0.5) is 0 Å². The zero-order chi connectivity index (χ0) is 11.4. The fraction of sp³-hybridized carbons (Fsp3) is 1.00. The molecule has 2 aliphatic rings. The van der Waals surface area contributed by atoms with Crippen molar-refractivity contribution in [1.29, 1.82) is 0 Å². The van der Waals surface area contributed by atoms with Gasteiger partial charge in [0.05, 0.1) is 0 Å². The van der Waals surface area contributed by atoms with Crippen molar-refractivity contribution >= 4 is 0 Å². The molecule has 1 unspecified atom stereocenters. The first-order valence-corrected chi connectivity index (χ1v) is 7.10. The van der Waals surface area contributed by atoms with E-state index in [9.17, 15) is 0 Å². The summed E-state index contributed by atoms with van der Waals surface area (Å²) < 4.78 is 0. The van der Waals surface area contributed by atoms with Crippen LogP contribution in [0.5, 0.6) is 0 Å². The van der Waals surface area contributed by atoms with Crippen LogP contribution in [0.25, 0.3) is 0 Å². The molecule has 0 aromatic heterocycles. The van der Waals surface area contributed by atoms with E-state index in [4.69, 9.17) is 0 Å².